The van der Waals surface area contributed by atoms with E-state index in [0.717, 1.165) is 12.0 Å². The maximum atomic E-state index is 13.6. The molecule has 0 unspecified atom stereocenters. The molecule has 0 fully saturated rings. The van der Waals surface area contributed by atoms with Crippen LogP contribution in [0.1, 0.15) is 12.5 Å². The van der Waals surface area contributed by atoms with Crippen LogP contribution < -0.4 is 10.5 Å². The van der Waals surface area contributed by atoms with Crippen LogP contribution in [0.3, 0.4) is 0 Å². The van der Waals surface area contributed by atoms with Gasteiger partial charge in [0.05, 0.1) is 19.8 Å². The predicted octanol–water partition coefficient (Wildman–Crippen LogP) is 0.473. The summed E-state index contributed by atoms with van der Waals surface area (Å²) >= 11 is 0. The van der Waals surface area contributed by atoms with Crippen molar-refractivity contribution in [3.05, 3.63) is 52.6 Å². The molecule has 28 heavy (non-hydrogen) atoms. The molecule has 2 N–H and O–H groups in total. The minimum Gasteiger partial charge on any atom is -0.468 e. The Labute approximate surface area is 160 Å². The first-order chi connectivity index (χ1) is 13.3. The number of fused-ring (bicyclic) bond motifs is 2. The Morgan fingerprint density at radius 1 is 1.29 bits per heavy atom. The van der Waals surface area contributed by atoms with Gasteiger partial charge >= 0.3 is 11.9 Å². The third-order valence-corrected chi connectivity index (χ3v) is 4.86. The number of para-hydroxylation sites is 1. The largest absolute Gasteiger partial charge is 0.468 e. The molecule has 2 heterocycles. The maximum Gasteiger partial charge on any atom is 0.337 e. The third-order valence-electron chi connectivity index (χ3n) is 4.86. The highest BCUT2D eigenvalue weighted by atomic mass is 16.5. The van der Waals surface area contributed by atoms with E-state index in [9.17, 15) is 19.6 Å². The van der Waals surface area contributed by atoms with E-state index in [-0.39, 0.29) is 34.0 Å². The number of amides is 1. The molecule has 0 saturated carbocycles. The van der Waals surface area contributed by atoms with Crippen LogP contribution in [0.25, 0.3) is 0 Å². The maximum absolute atomic E-state index is 13.6. The molecular formula is C19H17N3O6. The number of carbonyl (C=O) groups is 3. The van der Waals surface area contributed by atoms with Crippen LogP contribution in [0.15, 0.2) is 47.0 Å². The molecule has 0 aromatic heterocycles. The Morgan fingerprint density at radius 3 is 2.57 bits per heavy atom. The first-order valence-corrected chi connectivity index (χ1v) is 8.20. The Kier molecular flexibility index (Phi) is 4.56. The lowest BCUT2D eigenvalue weighted by molar-refractivity contribution is -0.146. The number of hydrogen-bond donors (Lipinski definition) is 1. The van der Waals surface area contributed by atoms with Crippen LogP contribution >= 0.6 is 0 Å². The van der Waals surface area contributed by atoms with E-state index in [2.05, 4.69) is 4.74 Å². The van der Waals surface area contributed by atoms with Crippen molar-refractivity contribution >= 4 is 17.8 Å². The number of nitriles is 1. The van der Waals surface area contributed by atoms with Crippen molar-refractivity contribution in [3.8, 4) is 11.8 Å². The molecular weight excluding hydrogens is 366 g/mol. The topological polar surface area (TPSA) is 132 Å². The highest BCUT2D eigenvalue weighted by molar-refractivity contribution is 6.13. The monoisotopic (exact) mass is 383 g/mol. The molecule has 1 aromatic rings. The van der Waals surface area contributed by atoms with Gasteiger partial charge in [-0.15, -0.1) is 0 Å². The Morgan fingerprint density at radius 2 is 1.96 bits per heavy atom. The molecule has 2 aliphatic heterocycles. The molecule has 2 aliphatic rings. The summed E-state index contributed by atoms with van der Waals surface area (Å²) in [6.07, 6.45) is 0. The van der Waals surface area contributed by atoms with Gasteiger partial charge in [-0.1, -0.05) is 18.2 Å². The second kappa shape index (κ2) is 6.74. The number of carbonyl (C=O) groups excluding carboxylic acids is 3. The highest BCUT2D eigenvalue weighted by Gasteiger charge is 2.62. The lowest BCUT2D eigenvalue weighted by atomic mass is 9.68. The zero-order chi connectivity index (χ0) is 20.6. The summed E-state index contributed by atoms with van der Waals surface area (Å²) < 4.78 is 15.1. The Balaban J connectivity index is 2.39. The zero-order valence-corrected chi connectivity index (χ0v) is 15.4. The molecule has 3 rings (SSSR count). The summed E-state index contributed by atoms with van der Waals surface area (Å²) in [5, 5.41) is 9.80. The van der Waals surface area contributed by atoms with Gasteiger partial charge in [-0.2, -0.15) is 5.26 Å². The average Bonchev–Trinajstić information content (AvgIpc) is 2.90. The fourth-order valence-corrected chi connectivity index (χ4v) is 3.63. The van der Waals surface area contributed by atoms with E-state index in [4.69, 9.17) is 15.2 Å². The van der Waals surface area contributed by atoms with Crippen LogP contribution in [-0.4, -0.2) is 43.5 Å². The second-order valence-corrected chi connectivity index (χ2v) is 6.12. The van der Waals surface area contributed by atoms with Gasteiger partial charge < -0.3 is 24.8 Å². The van der Waals surface area contributed by atoms with Gasteiger partial charge in [0.25, 0.3) is 0 Å². The molecule has 144 valence electrons. The third kappa shape index (κ3) is 2.35. The standard InChI is InChI=1S/C19H17N3O6/c1-10-15(17(24)27-3)19(18(25)22(10)9-14(23)26-2)11-6-4-5-7-13(11)28-16(21)12(19)8-20/h4-7H,9,21H2,1-3H3/t19-/m0/s1. The van der Waals surface area contributed by atoms with E-state index in [0.29, 0.717) is 0 Å². The van der Waals surface area contributed by atoms with E-state index < -0.39 is 29.8 Å². The zero-order valence-electron chi connectivity index (χ0n) is 15.4. The van der Waals surface area contributed by atoms with E-state index >= 15 is 0 Å². The van der Waals surface area contributed by atoms with E-state index in [1.807, 2.05) is 6.07 Å². The van der Waals surface area contributed by atoms with Crippen LogP contribution in [0.4, 0.5) is 0 Å². The average molecular weight is 383 g/mol. The molecule has 0 radical (unpaired) electrons. The molecule has 0 bridgehead atoms. The van der Waals surface area contributed by atoms with Crippen molar-refractivity contribution in [2.45, 2.75) is 12.3 Å². The first kappa shape index (κ1) is 19.0. The summed E-state index contributed by atoms with van der Waals surface area (Å²) in [5.74, 6) is -2.28. The van der Waals surface area contributed by atoms with Crippen molar-refractivity contribution in [1.29, 1.82) is 5.26 Å². The SMILES string of the molecule is COC(=O)CN1C(=O)[C@@]2(C(C#N)=C(N)Oc3ccccc32)C(C(=O)OC)=C1C. The van der Waals surface area contributed by atoms with Crippen LogP contribution in [0.2, 0.25) is 0 Å². The van der Waals surface area contributed by atoms with Crippen molar-refractivity contribution in [3.63, 3.8) is 0 Å². The summed E-state index contributed by atoms with van der Waals surface area (Å²) in [6, 6.07) is 8.34. The number of methoxy groups -OCH3 is 2. The van der Waals surface area contributed by atoms with Crippen molar-refractivity contribution in [2.24, 2.45) is 5.73 Å². The first-order valence-electron chi connectivity index (χ1n) is 8.20. The van der Waals surface area contributed by atoms with Gasteiger partial charge in [0.2, 0.25) is 11.8 Å². The molecule has 1 aromatic carbocycles. The summed E-state index contributed by atoms with van der Waals surface area (Å²) in [7, 11) is 2.34. The van der Waals surface area contributed by atoms with E-state index in [1.54, 1.807) is 24.3 Å². The van der Waals surface area contributed by atoms with E-state index in [1.165, 1.54) is 14.0 Å². The van der Waals surface area contributed by atoms with Crippen LogP contribution in [0, 0.1) is 11.3 Å². The number of esters is 2. The fourth-order valence-electron chi connectivity index (χ4n) is 3.63. The number of hydrogen-bond acceptors (Lipinski definition) is 8. The molecule has 0 aliphatic carbocycles. The van der Waals surface area contributed by atoms with Gasteiger partial charge in [0.15, 0.2) is 5.41 Å². The summed E-state index contributed by atoms with van der Waals surface area (Å²) in [5.41, 5.74) is 4.15. The number of benzene rings is 1. The molecule has 9 heteroatoms. The van der Waals surface area contributed by atoms with Gasteiger partial charge in [-0.25, -0.2) is 4.79 Å². The lowest BCUT2D eigenvalue weighted by Gasteiger charge is -2.35. The minimum atomic E-state index is -1.88. The minimum absolute atomic E-state index is 0.0980. The number of ether oxygens (including phenoxy) is 3. The normalized spacial score (nSPS) is 20.6. The predicted molar refractivity (Wildman–Crippen MR) is 94.0 cm³/mol. The number of nitrogens with two attached hydrogens (primary N) is 1. The quantitative estimate of drug-likeness (QED) is 0.745. The van der Waals surface area contributed by atoms with Gasteiger partial charge in [0.1, 0.15) is 23.9 Å². The fraction of sp³-hybridized carbons (Fsp3) is 0.263. The van der Waals surface area contributed by atoms with Crippen LogP contribution in [0.5, 0.6) is 5.75 Å². The van der Waals surface area contributed by atoms with Crippen molar-refractivity contribution < 1.29 is 28.6 Å². The molecule has 1 spiro atoms. The van der Waals surface area contributed by atoms with Crippen molar-refractivity contribution in [1.82, 2.24) is 4.90 Å². The molecule has 1 atom stereocenters. The lowest BCUT2D eigenvalue weighted by Crippen LogP contribution is -2.47. The van der Waals surface area contributed by atoms with Crippen LogP contribution in [-0.2, 0) is 29.3 Å². The Hall–Kier alpha value is -3.80. The van der Waals surface area contributed by atoms with Gasteiger partial charge in [-0.05, 0) is 13.0 Å². The number of allylic oxidation sites excluding steroid dienone is 1. The summed E-state index contributed by atoms with van der Waals surface area (Å²) in [6.45, 7) is 1.05. The number of rotatable bonds is 3. The molecule has 9 nitrogen and oxygen atoms in total. The van der Waals surface area contributed by atoms with Gasteiger partial charge in [0, 0.05) is 11.3 Å². The smallest absolute Gasteiger partial charge is 0.337 e. The summed E-state index contributed by atoms with van der Waals surface area (Å²) in [4.78, 5) is 39.3. The Bertz CT molecular complexity index is 1000. The van der Waals surface area contributed by atoms with Gasteiger partial charge in [-0.3, -0.25) is 9.59 Å². The molecule has 0 saturated heterocycles. The van der Waals surface area contributed by atoms with Crippen molar-refractivity contribution in [2.75, 3.05) is 20.8 Å². The number of nitrogens with zero attached hydrogens (tertiary/aromatic N) is 2. The highest BCUT2D eigenvalue weighted by Crippen LogP contribution is 2.53. The second-order valence-electron chi connectivity index (χ2n) is 6.12. The molecule has 1 amide bonds.